The predicted molar refractivity (Wildman–Crippen MR) is 72.6 cm³/mol. The predicted octanol–water partition coefficient (Wildman–Crippen LogP) is 2.96. The van der Waals surface area contributed by atoms with Crippen LogP contribution in [-0.4, -0.2) is 22.9 Å². The minimum Gasteiger partial charge on any atom is -0.611 e. The molecule has 1 fully saturated rings. The first-order valence-corrected chi connectivity index (χ1v) is 7.74. The summed E-state index contributed by atoms with van der Waals surface area (Å²) < 4.78 is 17.8. The van der Waals surface area contributed by atoms with Crippen molar-refractivity contribution in [2.75, 3.05) is 7.11 Å². The molecule has 18 heavy (non-hydrogen) atoms. The lowest BCUT2D eigenvalue weighted by Gasteiger charge is -2.08. The molecule has 0 saturated heterocycles. The zero-order chi connectivity index (χ0) is 12.7. The van der Waals surface area contributed by atoms with Crippen molar-refractivity contribution in [1.29, 1.82) is 0 Å². The summed E-state index contributed by atoms with van der Waals surface area (Å²) in [7, 11) is 1.38. The Labute approximate surface area is 112 Å². The number of hydrogen-bond acceptors (Lipinski definition) is 4. The molecule has 0 amide bonds. The minimum atomic E-state index is -0.895. The largest absolute Gasteiger partial charge is 0.611 e. The molecule has 0 aliphatic heterocycles. The Morgan fingerprint density at radius 1 is 1.44 bits per heavy atom. The summed E-state index contributed by atoms with van der Waals surface area (Å²) >= 11 is 0.506. The van der Waals surface area contributed by atoms with Crippen LogP contribution in [0, 0.1) is 0 Å². The van der Waals surface area contributed by atoms with Crippen LogP contribution in [0.5, 0.6) is 0 Å². The molecular formula is C13H12O3S2. The smallest absolute Gasteiger partial charge is 0.348 e. The average Bonchev–Trinajstić information content (AvgIpc) is 3.15. The number of fused-ring (bicyclic) bond motifs is 1. The third kappa shape index (κ3) is 2.13. The van der Waals surface area contributed by atoms with Crippen LogP contribution in [0.25, 0.3) is 10.1 Å². The van der Waals surface area contributed by atoms with Gasteiger partial charge >= 0.3 is 5.97 Å². The van der Waals surface area contributed by atoms with Gasteiger partial charge in [0.15, 0.2) is 4.90 Å². The van der Waals surface area contributed by atoms with E-state index in [4.69, 9.17) is 4.74 Å². The number of methoxy groups -OCH3 is 1. The van der Waals surface area contributed by atoms with Crippen LogP contribution in [0.1, 0.15) is 22.5 Å². The maximum atomic E-state index is 12.1. The lowest BCUT2D eigenvalue weighted by molar-refractivity contribution is 0.0606. The molecule has 0 bridgehead atoms. The van der Waals surface area contributed by atoms with Gasteiger partial charge in [0.25, 0.3) is 0 Å². The number of benzene rings is 1. The molecule has 1 aliphatic rings. The number of hydrogen-bond donors (Lipinski definition) is 0. The van der Waals surface area contributed by atoms with Gasteiger partial charge in [-0.1, -0.05) is 0 Å². The molecule has 0 N–H and O–H groups in total. The molecule has 2 aromatic rings. The van der Waals surface area contributed by atoms with Crippen LogP contribution < -0.4 is 0 Å². The van der Waals surface area contributed by atoms with E-state index in [1.807, 2.05) is 18.2 Å². The molecule has 0 spiro atoms. The first-order valence-electron chi connectivity index (χ1n) is 5.71. The van der Waals surface area contributed by atoms with Crippen molar-refractivity contribution >= 4 is 38.6 Å². The van der Waals surface area contributed by atoms with E-state index in [1.54, 1.807) is 6.07 Å². The van der Waals surface area contributed by atoms with Gasteiger partial charge in [-0.15, -0.1) is 11.3 Å². The Morgan fingerprint density at radius 3 is 2.89 bits per heavy atom. The fourth-order valence-corrected chi connectivity index (χ4v) is 4.18. The molecule has 1 aliphatic carbocycles. The van der Waals surface area contributed by atoms with Crippen LogP contribution in [0.15, 0.2) is 29.2 Å². The average molecular weight is 280 g/mol. The second-order valence-corrected chi connectivity index (χ2v) is 7.12. The summed E-state index contributed by atoms with van der Waals surface area (Å²) in [6, 6.07) is 7.56. The van der Waals surface area contributed by atoms with Gasteiger partial charge in [0, 0.05) is 23.6 Å². The zero-order valence-electron chi connectivity index (χ0n) is 9.84. The van der Waals surface area contributed by atoms with Crippen molar-refractivity contribution in [2.24, 2.45) is 0 Å². The van der Waals surface area contributed by atoms with Crippen molar-refractivity contribution in [3.05, 3.63) is 29.1 Å². The van der Waals surface area contributed by atoms with E-state index < -0.39 is 11.2 Å². The van der Waals surface area contributed by atoms with Gasteiger partial charge in [0.05, 0.1) is 7.11 Å². The van der Waals surface area contributed by atoms with Crippen molar-refractivity contribution in [1.82, 2.24) is 0 Å². The molecule has 1 aromatic heterocycles. The van der Waals surface area contributed by atoms with Crippen LogP contribution in [0.2, 0.25) is 0 Å². The number of carbonyl (C=O) groups is 1. The van der Waals surface area contributed by atoms with Gasteiger partial charge < -0.3 is 9.29 Å². The van der Waals surface area contributed by atoms with E-state index in [0.717, 1.165) is 27.8 Å². The van der Waals surface area contributed by atoms with Crippen LogP contribution in [0.4, 0.5) is 0 Å². The van der Waals surface area contributed by atoms with Gasteiger partial charge in [0.2, 0.25) is 0 Å². The summed E-state index contributed by atoms with van der Waals surface area (Å²) in [5, 5.41) is 1.30. The molecule has 3 nitrogen and oxygen atoms in total. The third-order valence-electron chi connectivity index (χ3n) is 2.93. The second-order valence-electron chi connectivity index (χ2n) is 4.30. The highest BCUT2D eigenvalue weighted by Crippen LogP contribution is 2.35. The van der Waals surface area contributed by atoms with Gasteiger partial charge in [-0.3, -0.25) is 0 Å². The fourth-order valence-electron chi connectivity index (χ4n) is 1.82. The molecule has 0 radical (unpaired) electrons. The number of carbonyl (C=O) groups excluding carboxylic acids is 1. The molecule has 5 heteroatoms. The summed E-state index contributed by atoms with van der Waals surface area (Å²) in [5.74, 6) is -0.318. The summed E-state index contributed by atoms with van der Waals surface area (Å²) in [6.45, 7) is 0. The molecule has 94 valence electrons. The highest BCUT2D eigenvalue weighted by Gasteiger charge is 2.35. The Kier molecular flexibility index (Phi) is 3.05. The van der Waals surface area contributed by atoms with Crippen LogP contribution >= 0.6 is 11.3 Å². The monoisotopic (exact) mass is 280 g/mol. The molecule has 3 rings (SSSR count). The van der Waals surface area contributed by atoms with E-state index in [-0.39, 0.29) is 5.97 Å². The lowest BCUT2D eigenvalue weighted by Crippen LogP contribution is -2.06. The number of thiophene rings is 1. The maximum absolute atomic E-state index is 12.1. The summed E-state index contributed by atoms with van der Waals surface area (Å²) in [4.78, 5) is 12.9. The van der Waals surface area contributed by atoms with Gasteiger partial charge in [-0.25, -0.2) is 4.79 Å². The summed E-state index contributed by atoms with van der Waals surface area (Å²) in [5.41, 5.74) is 0. The second kappa shape index (κ2) is 4.57. The lowest BCUT2D eigenvalue weighted by atomic mass is 10.2. The number of ether oxygens (including phenoxy) is 1. The highest BCUT2D eigenvalue weighted by molar-refractivity contribution is 7.92. The van der Waals surface area contributed by atoms with Crippen molar-refractivity contribution in [3.63, 3.8) is 0 Å². The van der Waals surface area contributed by atoms with Crippen LogP contribution in [0.3, 0.4) is 0 Å². The Bertz CT molecular complexity index is 601. The quantitative estimate of drug-likeness (QED) is 0.641. The van der Waals surface area contributed by atoms with Crippen molar-refractivity contribution < 1.29 is 14.1 Å². The molecule has 1 saturated carbocycles. The first-order chi connectivity index (χ1) is 8.69. The van der Waals surface area contributed by atoms with E-state index >= 15 is 0 Å². The van der Waals surface area contributed by atoms with Crippen molar-refractivity contribution in [3.8, 4) is 0 Å². The zero-order valence-corrected chi connectivity index (χ0v) is 11.5. The van der Waals surface area contributed by atoms with Crippen LogP contribution in [-0.2, 0) is 15.9 Å². The van der Waals surface area contributed by atoms with E-state index in [2.05, 4.69) is 0 Å². The fraction of sp³-hybridized carbons (Fsp3) is 0.308. The molecule has 1 heterocycles. The molecule has 1 aromatic carbocycles. The molecule has 1 unspecified atom stereocenters. The standard InChI is InChI=1S/C13H12O3S2/c1-16-13(14)12-7-8-6-10(4-5-11(8)17-12)18(15)9-2-3-9/h4-7,9H,2-3H2,1H3. The normalized spacial score (nSPS) is 16.8. The van der Waals surface area contributed by atoms with E-state index in [1.165, 1.54) is 18.4 Å². The van der Waals surface area contributed by atoms with E-state index in [9.17, 15) is 9.35 Å². The minimum absolute atomic E-state index is 0.318. The van der Waals surface area contributed by atoms with Crippen molar-refractivity contribution in [2.45, 2.75) is 23.0 Å². The van der Waals surface area contributed by atoms with Gasteiger partial charge in [-0.2, -0.15) is 0 Å². The van der Waals surface area contributed by atoms with Gasteiger partial charge in [-0.05, 0) is 34.8 Å². The molecule has 1 atom stereocenters. The Balaban J connectivity index is 1.98. The Morgan fingerprint density at radius 2 is 2.22 bits per heavy atom. The Hall–Kier alpha value is -1.04. The van der Waals surface area contributed by atoms with E-state index in [0.29, 0.717) is 10.1 Å². The number of esters is 1. The SMILES string of the molecule is COC(=O)c1cc2cc([S+]([O-])C3CC3)ccc2s1. The van der Waals surface area contributed by atoms with Gasteiger partial charge in [0.1, 0.15) is 10.1 Å². The number of rotatable bonds is 3. The molecular weight excluding hydrogens is 268 g/mol. The summed E-state index contributed by atoms with van der Waals surface area (Å²) in [6.07, 6.45) is 2.11. The highest BCUT2D eigenvalue weighted by atomic mass is 32.2. The third-order valence-corrected chi connectivity index (χ3v) is 5.83. The first kappa shape index (κ1) is 12.0. The maximum Gasteiger partial charge on any atom is 0.348 e. The topological polar surface area (TPSA) is 49.4 Å².